The predicted octanol–water partition coefficient (Wildman–Crippen LogP) is 0.511. The number of aromatic nitrogens is 1. The number of ether oxygens (including phenoxy) is 1. The van der Waals surface area contributed by atoms with Crippen LogP contribution in [0.2, 0.25) is 0 Å². The van der Waals surface area contributed by atoms with Crippen LogP contribution in [0.3, 0.4) is 0 Å². The summed E-state index contributed by atoms with van der Waals surface area (Å²) in [6.07, 6.45) is 4.29. The summed E-state index contributed by atoms with van der Waals surface area (Å²) >= 11 is 0. The summed E-state index contributed by atoms with van der Waals surface area (Å²) in [7, 11) is -3.67. The first-order chi connectivity index (χ1) is 8.43. The molecule has 0 saturated carbocycles. The minimum atomic E-state index is -3.67. The van der Waals surface area contributed by atoms with Crippen molar-refractivity contribution in [2.24, 2.45) is 0 Å². The summed E-state index contributed by atoms with van der Waals surface area (Å²) in [4.78, 5) is 3.81. The number of nitrogens with two attached hydrogens (primary N) is 1. The highest BCUT2D eigenvalue weighted by molar-refractivity contribution is 7.89. The molecule has 1 unspecified atom stereocenters. The van der Waals surface area contributed by atoms with Crippen molar-refractivity contribution in [3.05, 3.63) is 18.5 Å². The van der Waals surface area contributed by atoms with Gasteiger partial charge in [-0.25, -0.2) is 13.1 Å². The highest BCUT2D eigenvalue weighted by Gasteiger charge is 2.33. The molecule has 0 radical (unpaired) electrons. The van der Waals surface area contributed by atoms with Gasteiger partial charge in [0.2, 0.25) is 10.0 Å². The van der Waals surface area contributed by atoms with Gasteiger partial charge in [-0.3, -0.25) is 4.98 Å². The third-order valence-corrected chi connectivity index (χ3v) is 4.61. The first-order valence-corrected chi connectivity index (χ1v) is 7.22. The Labute approximate surface area is 107 Å². The first kappa shape index (κ1) is 13.3. The van der Waals surface area contributed by atoms with E-state index in [0.717, 1.165) is 12.8 Å². The lowest BCUT2D eigenvalue weighted by Crippen LogP contribution is -2.51. The number of hydrogen-bond donors (Lipinski definition) is 2. The van der Waals surface area contributed by atoms with Crippen molar-refractivity contribution in [3.63, 3.8) is 0 Å². The van der Waals surface area contributed by atoms with Gasteiger partial charge in [-0.15, -0.1) is 0 Å². The van der Waals surface area contributed by atoms with E-state index >= 15 is 0 Å². The maximum absolute atomic E-state index is 12.2. The van der Waals surface area contributed by atoms with E-state index in [4.69, 9.17) is 10.5 Å². The van der Waals surface area contributed by atoms with Crippen molar-refractivity contribution in [1.82, 2.24) is 9.71 Å². The van der Waals surface area contributed by atoms with Gasteiger partial charge < -0.3 is 10.5 Å². The van der Waals surface area contributed by atoms with Crippen LogP contribution in [0.25, 0.3) is 0 Å². The molecular weight excluding hydrogens is 254 g/mol. The first-order valence-electron chi connectivity index (χ1n) is 5.74. The third kappa shape index (κ3) is 2.80. The summed E-state index contributed by atoms with van der Waals surface area (Å²) in [5, 5.41) is 0. The molecule has 0 aromatic carbocycles. The van der Waals surface area contributed by atoms with Gasteiger partial charge in [0, 0.05) is 19.0 Å². The summed E-state index contributed by atoms with van der Waals surface area (Å²) in [6.45, 7) is 2.87. The zero-order chi connectivity index (χ0) is 13.2. The second-order valence-corrected chi connectivity index (χ2v) is 6.39. The predicted molar refractivity (Wildman–Crippen MR) is 67.4 cm³/mol. The van der Waals surface area contributed by atoms with E-state index in [2.05, 4.69) is 9.71 Å². The second-order valence-electron chi connectivity index (χ2n) is 4.74. The van der Waals surface area contributed by atoms with Crippen LogP contribution in [-0.4, -0.2) is 32.2 Å². The molecule has 6 nitrogen and oxygen atoms in total. The highest BCUT2D eigenvalue weighted by Crippen LogP contribution is 2.23. The summed E-state index contributed by atoms with van der Waals surface area (Å²) < 4.78 is 32.5. The van der Waals surface area contributed by atoms with Crippen molar-refractivity contribution in [1.29, 1.82) is 0 Å². The molecule has 1 aromatic heterocycles. The number of nitrogens with one attached hydrogen (secondary N) is 1. The molecule has 1 fully saturated rings. The van der Waals surface area contributed by atoms with Crippen LogP contribution in [0.4, 0.5) is 5.69 Å². The minimum absolute atomic E-state index is 0.0109. The topological polar surface area (TPSA) is 94.3 Å². The van der Waals surface area contributed by atoms with E-state index in [0.29, 0.717) is 13.2 Å². The molecule has 1 atom stereocenters. The molecule has 0 aliphatic carbocycles. The van der Waals surface area contributed by atoms with Crippen LogP contribution in [-0.2, 0) is 14.8 Å². The van der Waals surface area contributed by atoms with Gasteiger partial charge >= 0.3 is 0 Å². The molecule has 0 bridgehead atoms. The smallest absolute Gasteiger partial charge is 0.244 e. The molecular formula is C11H17N3O3S. The molecule has 2 rings (SSSR count). The van der Waals surface area contributed by atoms with Crippen LogP contribution in [0.1, 0.15) is 19.8 Å². The van der Waals surface area contributed by atoms with E-state index in [1.54, 1.807) is 0 Å². The lowest BCUT2D eigenvalue weighted by molar-refractivity contribution is 0.0386. The fourth-order valence-electron chi connectivity index (χ4n) is 2.01. The van der Waals surface area contributed by atoms with Crippen molar-refractivity contribution >= 4 is 15.7 Å². The second kappa shape index (κ2) is 4.83. The molecule has 3 N–H and O–H groups in total. The molecule has 1 aliphatic heterocycles. The Bertz CT molecular complexity index is 524. The van der Waals surface area contributed by atoms with Gasteiger partial charge in [0.15, 0.2) is 0 Å². The van der Waals surface area contributed by atoms with Gasteiger partial charge in [-0.05, 0) is 25.8 Å². The Balaban J connectivity index is 2.25. The molecule has 1 aromatic rings. The Kier molecular flexibility index (Phi) is 3.56. The number of pyridine rings is 1. The molecule has 1 aliphatic rings. The molecule has 2 heterocycles. The van der Waals surface area contributed by atoms with Crippen molar-refractivity contribution in [3.8, 4) is 0 Å². The third-order valence-electron chi connectivity index (χ3n) is 2.92. The van der Waals surface area contributed by atoms with E-state index in [-0.39, 0.29) is 10.6 Å². The van der Waals surface area contributed by atoms with E-state index < -0.39 is 15.6 Å². The maximum Gasteiger partial charge on any atom is 0.244 e. The molecule has 18 heavy (non-hydrogen) atoms. The van der Waals surface area contributed by atoms with Crippen LogP contribution < -0.4 is 10.5 Å². The zero-order valence-electron chi connectivity index (χ0n) is 10.2. The number of nitrogens with zero attached hydrogens (tertiary/aromatic N) is 1. The summed E-state index contributed by atoms with van der Waals surface area (Å²) in [5.74, 6) is 0. The van der Waals surface area contributed by atoms with E-state index in [1.165, 1.54) is 18.5 Å². The molecule has 0 spiro atoms. The van der Waals surface area contributed by atoms with Gasteiger partial charge in [-0.2, -0.15) is 0 Å². The maximum atomic E-state index is 12.2. The van der Waals surface area contributed by atoms with Crippen molar-refractivity contribution in [2.75, 3.05) is 18.9 Å². The molecule has 1 saturated heterocycles. The Morgan fingerprint density at radius 3 is 2.94 bits per heavy atom. The fraction of sp³-hybridized carbons (Fsp3) is 0.545. The van der Waals surface area contributed by atoms with Crippen molar-refractivity contribution in [2.45, 2.75) is 30.2 Å². The number of sulfonamides is 1. The van der Waals surface area contributed by atoms with Crippen LogP contribution in [0.15, 0.2) is 23.4 Å². The monoisotopic (exact) mass is 271 g/mol. The largest absolute Gasteiger partial charge is 0.398 e. The van der Waals surface area contributed by atoms with Crippen LogP contribution in [0.5, 0.6) is 0 Å². The number of anilines is 1. The Morgan fingerprint density at radius 2 is 2.33 bits per heavy atom. The number of nitrogen functional groups attached to an aromatic ring is 1. The lowest BCUT2D eigenvalue weighted by atomic mass is 9.97. The molecule has 100 valence electrons. The van der Waals surface area contributed by atoms with Gasteiger partial charge in [-0.1, -0.05) is 0 Å². The normalized spacial score (nSPS) is 24.9. The van der Waals surface area contributed by atoms with Gasteiger partial charge in [0.25, 0.3) is 0 Å². The molecule has 7 heteroatoms. The van der Waals surface area contributed by atoms with E-state index in [9.17, 15) is 8.42 Å². The Morgan fingerprint density at radius 1 is 1.56 bits per heavy atom. The van der Waals surface area contributed by atoms with Crippen molar-refractivity contribution < 1.29 is 13.2 Å². The quantitative estimate of drug-likeness (QED) is 0.835. The van der Waals surface area contributed by atoms with E-state index in [1.807, 2.05) is 6.92 Å². The lowest BCUT2D eigenvalue weighted by Gasteiger charge is -2.33. The average Bonchev–Trinajstić information content (AvgIpc) is 2.28. The highest BCUT2D eigenvalue weighted by atomic mass is 32.2. The average molecular weight is 271 g/mol. The number of rotatable bonds is 3. The SMILES string of the molecule is CC1(NS(=O)(=O)c2cnccc2N)CCCOC1. The fourth-order valence-corrected chi connectivity index (χ4v) is 3.51. The Hall–Kier alpha value is -1.18. The van der Waals surface area contributed by atoms with Gasteiger partial charge in [0.05, 0.1) is 17.8 Å². The summed E-state index contributed by atoms with van der Waals surface area (Å²) in [5.41, 5.74) is 5.27. The standard InChI is InChI=1S/C11H17N3O3S/c1-11(4-2-6-17-8-11)14-18(15,16)10-7-13-5-3-9(10)12/h3,5,7,14H,2,4,6,8H2,1H3,(H2,12,13). The minimum Gasteiger partial charge on any atom is -0.398 e. The van der Waals surface area contributed by atoms with Crippen LogP contribution >= 0.6 is 0 Å². The van der Waals surface area contributed by atoms with Gasteiger partial charge in [0.1, 0.15) is 4.90 Å². The van der Waals surface area contributed by atoms with Crippen LogP contribution in [0, 0.1) is 0 Å². The summed E-state index contributed by atoms with van der Waals surface area (Å²) in [6, 6.07) is 1.47. The number of hydrogen-bond acceptors (Lipinski definition) is 5. The zero-order valence-corrected chi connectivity index (χ0v) is 11.0. The molecule has 0 amide bonds.